The molecule has 32 heavy (non-hydrogen) atoms. The van der Waals surface area contributed by atoms with Crippen LogP contribution in [0.15, 0.2) is 0 Å². The van der Waals surface area contributed by atoms with Crippen LogP contribution in [-0.2, 0) is 23.1 Å². The molecule has 0 aromatic heterocycles. The van der Waals surface area contributed by atoms with Crippen molar-refractivity contribution in [2.45, 2.75) is 116 Å². The Bertz CT molecular complexity index is 427. The quantitative estimate of drug-likeness (QED) is 0.0679. The van der Waals surface area contributed by atoms with Gasteiger partial charge in [-0.3, -0.25) is 9.05 Å². The van der Waals surface area contributed by atoms with Gasteiger partial charge in [0.1, 0.15) is 6.10 Å². The fourth-order valence-electron chi connectivity index (χ4n) is 3.52. The molecule has 0 aliphatic carbocycles. The van der Waals surface area contributed by atoms with Crippen LogP contribution in [0.1, 0.15) is 110 Å². The maximum Gasteiger partial charge on any atom is 0.472 e. The van der Waals surface area contributed by atoms with Gasteiger partial charge in [0.25, 0.3) is 0 Å². The molecule has 8 heteroatoms. The Kier molecular flexibility index (Phi) is 25.0. The SMILES string of the molecule is CCCCCCCCCCCCCCCCCCOC[C@@H](COP(=O)(O)OCCBr)OC. The Labute approximate surface area is 206 Å². The van der Waals surface area contributed by atoms with E-state index in [1.165, 1.54) is 103 Å². The monoisotopic (exact) mass is 544 g/mol. The fourth-order valence-corrected chi connectivity index (χ4v) is 4.68. The standard InChI is InChI=1S/C24H50BrO6P/c1-3-4-5-6-7-8-9-10-11-12-13-14-15-16-17-18-20-29-22-24(28-2)23-31-32(26,27)30-21-19-25/h24H,3-23H2,1-2H3,(H,26,27)/t24-/m0/s1. The molecular formula is C24H50BrO6P. The third-order valence-corrected chi connectivity index (χ3v) is 6.84. The Hall–Kier alpha value is 0.510. The average molecular weight is 546 g/mol. The van der Waals surface area contributed by atoms with E-state index < -0.39 is 7.82 Å². The third kappa shape index (κ3) is 23.7. The molecule has 0 fully saturated rings. The van der Waals surface area contributed by atoms with Crippen LogP contribution in [0.2, 0.25) is 0 Å². The van der Waals surface area contributed by atoms with Gasteiger partial charge in [-0.2, -0.15) is 0 Å². The van der Waals surface area contributed by atoms with Crippen LogP contribution in [0.25, 0.3) is 0 Å². The van der Waals surface area contributed by atoms with Gasteiger partial charge < -0.3 is 14.4 Å². The van der Waals surface area contributed by atoms with Gasteiger partial charge >= 0.3 is 7.82 Å². The lowest BCUT2D eigenvalue weighted by Gasteiger charge is -2.18. The molecule has 0 amide bonds. The van der Waals surface area contributed by atoms with E-state index in [1.54, 1.807) is 0 Å². The molecule has 0 aliphatic heterocycles. The molecule has 0 heterocycles. The average Bonchev–Trinajstić information content (AvgIpc) is 2.79. The molecule has 194 valence electrons. The number of phosphoric ester groups is 1. The Balaban J connectivity index is 3.36. The summed E-state index contributed by atoms with van der Waals surface area (Å²) in [6.45, 7) is 3.37. The lowest BCUT2D eigenvalue weighted by molar-refractivity contribution is -0.0218. The van der Waals surface area contributed by atoms with Crippen LogP contribution >= 0.6 is 23.8 Å². The van der Waals surface area contributed by atoms with Gasteiger partial charge in [-0.05, 0) is 6.42 Å². The van der Waals surface area contributed by atoms with E-state index in [4.69, 9.17) is 18.5 Å². The molecule has 0 spiro atoms. The number of alkyl halides is 1. The van der Waals surface area contributed by atoms with Crippen molar-refractivity contribution in [1.29, 1.82) is 0 Å². The van der Waals surface area contributed by atoms with E-state index in [1.807, 2.05) is 0 Å². The molecule has 0 radical (unpaired) electrons. The largest absolute Gasteiger partial charge is 0.472 e. The van der Waals surface area contributed by atoms with E-state index in [0.29, 0.717) is 18.5 Å². The highest BCUT2D eigenvalue weighted by atomic mass is 79.9. The van der Waals surface area contributed by atoms with E-state index in [2.05, 4.69) is 22.9 Å². The van der Waals surface area contributed by atoms with E-state index in [0.717, 1.165) is 6.42 Å². The van der Waals surface area contributed by atoms with Gasteiger partial charge in [0.15, 0.2) is 0 Å². The lowest BCUT2D eigenvalue weighted by atomic mass is 10.0. The molecule has 0 bridgehead atoms. The smallest absolute Gasteiger partial charge is 0.379 e. The maximum atomic E-state index is 11.6. The zero-order chi connectivity index (χ0) is 23.8. The first-order valence-electron chi connectivity index (χ1n) is 12.8. The van der Waals surface area contributed by atoms with Gasteiger partial charge in [0.05, 0.1) is 19.8 Å². The number of halogens is 1. The topological polar surface area (TPSA) is 74.2 Å². The maximum absolute atomic E-state index is 11.6. The summed E-state index contributed by atoms with van der Waals surface area (Å²) < 4.78 is 32.2. The van der Waals surface area contributed by atoms with Crippen LogP contribution in [0.3, 0.4) is 0 Å². The molecule has 0 aromatic rings. The highest BCUT2D eigenvalue weighted by Crippen LogP contribution is 2.43. The van der Waals surface area contributed by atoms with Crippen LogP contribution < -0.4 is 0 Å². The second-order valence-corrected chi connectivity index (χ2v) is 10.8. The van der Waals surface area contributed by atoms with Crippen LogP contribution in [0, 0.1) is 0 Å². The minimum atomic E-state index is -4.02. The summed E-state index contributed by atoms with van der Waals surface area (Å²) in [5.41, 5.74) is 0. The van der Waals surface area contributed by atoms with Crippen molar-refractivity contribution in [2.24, 2.45) is 0 Å². The van der Waals surface area contributed by atoms with Crippen molar-refractivity contribution in [2.75, 3.05) is 38.9 Å². The molecule has 0 saturated carbocycles. The van der Waals surface area contributed by atoms with Gasteiger partial charge in [-0.1, -0.05) is 119 Å². The van der Waals surface area contributed by atoms with E-state index in [9.17, 15) is 9.46 Å². The fraction of sp³-hybridized carbons (Fsp3) is 1.00. The molecule has 1 N–H and O–H groups in total. The number of ether oxygens (including phenoxy) is 2. The summed E-state index contributed by atoms with van der Waals surface area (Å²) in [7, 11) is -2.48. The highest BCUT2D eigenvalue weighted by Gasteiger charge is 2.23. The lowest BCUT2D eigenvalue weighted by Crippen LogP contribution is -2.24. The van der Waals surface area contributed by atoms with Gasteiger partial charge in [0, 0.05) is 19.0 Å². The van der Waals surface area contributed by atoms with Crippen molar-refractivity contribution >= 4 is 23.8 Å². The van der Waals surface area contributed by atoms with Crippen molar-refractivity contribution in [1.82, 2.24) is 0 Å². The third-order valence-electron chi connectivity index (χ3n) is 5.53. The molecular weight excluding hydrogens is 495 g/mol. The van der Waals surface area contributed by atoms with Crippen molar-refractivity contribution in [3.63, 3.8) is 0 Å². The predicted molar refractivity (Wildman–Crippen MR) is 137 cm³/mol. The highest BCUT2D eigenvalue weighted by molar-refractivity contribution is 9.09. The van der Waals surface area contributed by atoms with Gasteiger partial charge in [-0.15, -0.1) is 0 Å². The molecule has 0 aromatic carbocycles. The first-order chi connectivity index (χ1) is 15.6. The molecule has 0 saturated heterocycles. The van der Waals surface area contributed by atoms with Gasteiger partial charge in [-0.25, -0.2) is 4.57 Å². The van der Waals surface area contributed by atoms with Crippen LogP contribution in [-0.4, -0.2) is 49.9 Å². The van der Waals surface area contributed by atoms with Crippen LogP contribution in [0.4, 0.5) is 0 Å². The number of hydrogen-bond donors (Lipinski definition) is 1. The minimum Gasteiger partial charge on any atom is -0.379 e. The van der Waals surface area contributed by atoms with E-state index >= 15 is 0 Å². The molecule has 2 atom stereocenters. The Morgan fingerprint density at radius 3 is 1.62 bits per heavy atom. The second-order valence-electron chi connectivity index (χ2n) is 8.52. The number of phosphoric acid groups is 1. The summed E-state index contributed by atoms with van der Waals surface area (Å²) in [4.78, 5) is 9.51. The number of rotatable bonds is 26. The van der Waals surface area contributed by atoms with Crippen molar-refractivity contribution in [3.8, 4) is 0 Å². The number of unbranched alkanes of at least 4 members (excludes halogenated alkanes) is 15. The van der Waals surface area contributed by atoms with E-state index in [-0.39, 0.29) is 19.3 Å². The molecule has 1 unspecified atom stereocenters. The molecule has 0 aliphatic rings. The van der Waals surface area contributed by atoms with Gasteiger partial charge in [0.2, 0.25) is 0 Å². The van der Waals surface area contributed by atoms with Crippen molar-refractivity contribution in [3.05, 3.63) is 0 Å². The first kappa shape index (κ1) is 32.5. The first-order valence-corrected chi connectivity index (χ1v) is 15.5. The second kappa shape index (κ2) is 24.6. The molecule has 6 nitrogen and oxygen atoms in total. The summed E-state index contributed by atoms with van der Waals surface area (Å²) in [5.74, 6) is 0. The van der Waals surface area contributed by atoms with Crippen molar-refractivity contribution < 1.29 is 28.0 Å². The predicted octanol–water partition coefficient (Wildman–Crippen LogP) is 7.81. The summed E-state index contributed by atoms with van der Waals surface area (Å²) in [6.07, 6.45) is 21.2. The normalized spacial score (nSPS) is 14.5. The molecule has 0 rings (SSSR count). The zero-order valence-electron chi connectivity index (χ0n) is 20.7. The minimum absolute atomic E-state index is 0.0362. The number of hydrogen-bond acceptors (Lipinski definition) is 5. The number of methoxy groups -OCH3 is 1. The zero-order valence-corrected chi connectivity index (χ0v) is 23.2. The van der Waals surface area contributed by atoms with Crippen LogP contribution in [0.5, 0.6) is 0 Å². The summed E-state index contributed by atoms with van der Waals surface area (Å²) >= 11 is 3.13. The summed E-state index contributed by atoms with van der Waals surface area (Å²) in [6, 6.07) is 0. The summed E-state index contributed by atoms with van der Waals surface area (Å²) in [5, 5.41) is 0.469. The Morgan fingerprint density at radius 2 is 1.19 bits per heavy atom. The Morgan fingerprint density at radius 1 is 0.719 bits per heavy atom.